The number of hydrogen-bond donors (Lipinski definition) is 3. The van der Waals surface area contributed by atoms with Crippen molar-refractivity contribution in [1.29, 1.82) is 0 Å². The monoisotopic (exact) mass is 525 g/mol. The number of amides is 2. The minimum Gasteiger partial charge on any atom is -0.506 e. The van der Waals surface area contributed by atoms with Crippen LogP contribution in [-0.4, -0.2) is 63.4 Å². The number of carbonyl (C=O) groups is 3. The van der Waals surface area contributed by atoms with Crippen LogP contribution in [0.4, 0.5) is 4.79 Å². The van der Waals surface area contributed by atoms with Crippen molar-refractivity contribution in [3.8, 4) is 11.4 Å². The number of nitrogens with one attached hydrogen (secondary N) is 2. The highest BCUT2D eigenvalue weighted by molar-refractivity contribution is 5.81. The second-order valence-electron chi connectivity index (χ2n) is 9.87. The predicted molar refractivity (Wildman–Crippen MR) is 141 cm³/mol. The topological polar surface area (TPSA) is 145 Å². The van der Waals surface area contributed by atoms with Crippen LogP contribution in [0.5, 0.6) is 5.75 Å². The van der Waals surface area contributed by atoms with Crippen molar-refractivity contribution >= 4 is 29.0 Å². The number of carbonyl (C=O) groups excluding carboxylic acids is 3. The maximum absolute atomic E-state index is 12.3. The molecule has 1 atom stereocenters. The van der Waals surface area contributed by atoms with Gasteiger partial charge in [-0.1, -0.05) is 18.2 Å². The Morgan fingerprint density at radius 1 is 1.05 bits per heavy atom. The fourth-order valence-electron chi connectivity index (χ4n) is 3.74. The number of ether oxygens (including phenoxy) is 2. The van der Waals surface area contributed by atoms with Crippen molar-refractivity contribution in [2.75, 3.05) is 13.7 Å². The van der Waals surface area contributed by atoms with Crippen LogP contribution in [0, 0.1) is 0 Å². The van der Waals surface area contributed by atoms with Crippen molar-refractivity contribution in [2.24, 2.45) is 0 Å². The van der Waals surface area contributed by atoms with Crippen molar-refractivity contribution < 1.29 is 29.0 Å². The molecule has 3 N–H and O–H groups in total. The molecule has 2 aromatic carbocycles. The van der Waals surface area contributed by atoms with E-state index in [0.717, 1.165) is 16.6 Å². The molecule has 3 aromatic rings. The van der Waals surface area contributed by atoms with E-state index in [9.17, 15) is 19.5 Å². The Kier molecular flexibility index (Phi) is 9.64. The van der Waals surface area contributed by atoms with Gasteiger partial charge in [-0.05, 0) is 76.3 Å². The Morgan fingerprint density at radius 3 is 2.37 bits per heavy atom. The SMILES string of the molecule is COC(=O)[C@H](CCCCNC(=O)CCc1ccc(O)c(-n2nc3ccccc3n2)c1)NC(=O)OC(C)(C)C. The van der Waals surface area contributed by atoms with Gasteiger partial charge in [-0.3, -0.25) is 4.79 Å². The summed E-state index contributed by atoms with van der Waals surface area (Å²) in [4.78, 5) is 37.7. The quantitative estimate of drug-likeness (QED) is 0.255. The van der Waals surface area contributed by atoms with E-state index in [-0.39, 0.29) is 18.1 Å². The van der Waals surface area contributed by atoms with Crippen molar-refractivity contribution in [3.63, 3.8) is 0 Å². The summed E-state index contributed by atoms with van der Waals surface area (Å²) in [6, 6.07) is 11.7. The van der Waals surface area contributed by atoms with Gasteiger partial charge < -0.3 is 25.2 Å². The van der Waals surface area contributed by atoms with Crippen molar-refractivity contribution in [1.82, 2.24) is 25.6 Å². The van der Waals surface area contributed by atoms with E-state index >= 15 is 0 Å². The second kappa shape index (κ2) is 12.9. The zero-order valence-electron chi connectivity index (χ0n) is 22.2. The second-order valence-corrected chi connectivity index (χ2v) is 9.87. The number of rotatable bonds is 11. The van der Waals surface area contributed by atoms with Gasteiger partial charge >= 0.3 is 12.1 Å². The lowest BCUT2D eigenvalue weighted by molar-refractivity contribution is -0.143. The van der Waals surface area contributed by atoms with Crippen LogP contribution in [0.15, 0.2) is 42.5 Å². The summed E-state index contributed by atoms with van der Waals surface area (Å²) >= 11 is 0. The van der Waals surface area contributed by atoms with Gasteiger partial charge in [-0.15, -0.1) is 15.0 Å². The fraction of sp³-hybridized carbons (Fsp3) is 0.444. The summed E-state index contributed by atoms with van der Waals surface area (Å²) < 4.78 is 9.97. The van der Waals surface area contributed by atoms with Crippen LogP contribution in [0.3, 0.4) is 0 Å². The molecule has 11 heteroatoms. The Labute approximate surface area is 221 Å². The lowest BCUT2D eigenvalue weighted by Crippen LogP contribution is -2.44. The molecule has 38 heavy (non-hydrogen) atoms. The number of aromatic hydroxyl groups is 1. The van der Waals surface area contributed by atoms with E-state index in [0.29, 0.717) is 37.9 Å². The molecule has 204 valence electrons. The largest absolute Gasteiger partial charge is 0.506 e. The normalized spacial score (nSPS) is 12.1. The molecule has 1 aromatic heterocycles. The molecule has 0 unspecified atom stereocenters. The van der Waals surface area contributed by atoms with E-state index in [1.165, 1.54) is 11.9 Å². The van der Waals surface area contributed by atoms with E-state index < -0.39 is 23.7 Å². The highest BCUT2D eigenvalue weighted by Gasteiger charge is 2.24. The Balaban J connectivity index is 1.43. The number of alkyl carbamates (subject to hydrolysis) is 1. The van der Waals surface area contributed by atoms with Gasteiger partial charge in [0.25, 0.3) is 0 Å². The van der Waals surface area contributed by atoms with Gasteiger partial charge in [0.2, 0.25) is 5.91 Å². The van der Waals surface area contributed by atoms with Crippen LogP contribution in [0.2, 0.25) is 0 Å². The minimum atomic E-state index is -0.823. The first-order chi connectivity index (χ1) is 18.1. The molecule has 0 radical (unpaired) electrons. The van der Waals surface area contributed by atoms with Gasteiger partial charge in [-0.25, -0.2) is 9.59 Å². The fourth-order valence-corrected chi connectivity index (χ4v) is 3.74. The molecule has 11 nitrogen and oxygen atoms in total. The highest BCUT2D eigenvalue weighted by Crippen LogP contribution is 2.23. The number of hydrogen-bond acceptors (Lipinski definition) is 8. The van der Waals surface area contributed by atoms with Crippen molar-refractivity contribution in [2.45, 2.75) is 64.5 Å². The van der Waals surface area contributed by atoms with E-state index in [2.05, 4.69) is 20.8 Å². The molecule has 3 rings (SSSR count). The summed E-state index contributed by atoms with van der Waals surface area (Å²) in [5.41, 5.74) is 2.06. The van der Waals surface area contributed by atoms with Crippen LogP contribution in [0.25, 0.3) is 16.7 Å². The summed E-state index contributed by atoms with van der Waals surface area (Å²) in [5.74, 6) is -0.615. The number of esters is 1. The molecule has 0 aliphatic carbocycles. The molecule has 0 saturated carbocycles. The first kappa shape index (κ1) is 28.4. The number of aryl methyl sites for hydroxylation is 1. The number of benzene rings is 2. The van der Waals surface area contributed by atoms with Gasteiger partial charge in [0.05, 0.1) is 7.11 Å². The average Bonchev–Trinajstić information content (AvgIpc) is 3.29. The maximum Gasteiger partial charge on any atom is 0.408 e. The number of fused-ring (bicyclic) bond motifs is 1. The third-order valence-corrected chi connectivity index (χ3v) is 5.60. The Bertz CT molecular complexity index is 1230. The third kappa shape index (κ3) is 8.46. The summed E-state index contributed by atoms with van der Waals surface area (Å²) in [6.45, 7) is 5.65. The number of unbranched alkanes of at least 4 members (excludes halogenated alkanes) is 1. The zero-order valence-corrected chi connectivity index (χ0v) is 22.2. The smallest absolute Gasteiger partial charge is 0.408 e. The minimum absolute atomic E-state index is 0.0462. The molecule has 0 aliphatic rings. The van der Waals surface area contributed by atoms with Gasteiger partial charge in [-0.2, -0.15) is 0 Å². The first-order valence-corrected chi connectivity index (χ1v) is 12.5. The molecule has 0 aliphatic heterocycles. The zero-order chi connectivity index (χ0) is 27.7. The molecule has 2 amide bonds. The van der Waals surface area contributed by atoms with Gasteiger partial charge in [0.1, 0.15) is 34.1 Å². The summed E-state index contributed by atoms with van der Waals surface area (Å²) in [7, 11) is 1.26. The maximum atomic E-state index is 12.3. The van der Waals surface area contributed by atoms with Crippen LogP contribution in [-0.2, 0) is 25.5 Å². The number of phenols is 1. The number of methoxy groups -OCH3 is 1. The third-order valence-electron chi connectivity index (χ3n) is 5.60. The molecule has 0 fully saturated rings. The number of aromatic nitrogens is 3. The van der Waals surface area contributed by atoms with Crippen LogP contribution in [0.1, 0.15) is 52.0 Å². The summed E-state index contributed by atoms with van der Waals surface area (Å²) in [5, 5.41) is 24.5. The predicted octanol–water partition coefficient (Wildman–Crippen LogP) is 3.41. The molecule has 1 heterocycles. The van der Waals surface area contributed by atoms with E-state index in [4.69, 9.17) is 9.47 Å². The lowest BCUT2D eigenvalue weighted by Gasteiger charge is -2.22. The molecule has 0 bridgehead atoms. The Hall–Kier alpha value is -4.15. The molecular weight excluding hydrogens is 490 g/mol. The molecule has 0 saturated heterocycles. The number of phenolic OH excluding ortho intramolecular Hbond substituents is 1. The Morgan fingerprint density at radius 2 is 1.74 bits per heavy atom. The highest BCUT2D eigenvalue weighted by atomic mass is 16.6. The summed E-state index contributed by atoms with van der Waals surface area (Å²) in [6.07, 6.45) is 1.62. The van der Waals surface area contributed by atoms with E-state index in [1.54, 1.807) is 39.0 Å². The van der Waals surface area contributed by atoms with Gasteiger partial charge in [0.15, 0.2) is 0 Å². The van der Waals surface area contributed by atoms with Crippen molar-refractivity contribution in [3.05, 3.63) is 48.0 Å². The van der Waals surface area contributed by atoms with Gasteiger partial charge in [0, 0.05) is 13.0 Å². The molecule has 0 spiro atoms. The van der Waals surface area contributed by atoms with Crippen LogP contribution < -0.4 is 10.6 Å². The average molecular weight is 526 g/mol. The lowest BCUT2D eigenvalue weighted by atomic mass is 10.1. The first-order valence-electron chi connectivity index (χ1n) is 12.5. The van der Waals surface area contributed by atoms with Crippen LogP contribution >= 0.6 is 0 Å². The molecular formula is C27H35N5O6. The standard InChI is InChI=1S/C27H35N5O6/c1-27(2,3)38-26(36)29-21(25(35)37-4)11-7-8-16-28-24(34)15-13-18-12-14-23(33)22(17-18)32-30-19-9-5-6-10-20(19)31-32/h5-6,9-10,12,14,17,21,33H,7-8,11,13,15-16H2,1-4H3,(H,28,34)(H,29,36)/t21-/m0/s1. The number of nitrogens with zero attached hydrogens (tertiary/aromatic N) is 3. The van der Waals surface area contributed by atoms with E-state index in [1.807, 2.05) is 24.3 Å².